The van der Waals surface area contributed by atoms with Crippen LogP contribution < -0.4 is 5.73 Å². The van der Waals surface area contributed by atoms with Gasteiger partial charge in [0.15, 0.2) is 0 Å². The second kappa shape index (κ2) is 7.27. The van der Waals surface area contributed by atoms with Gasteiger partial charge in [-0.2, -0.15) is 5.10 Å². The fraction of sp³-hybridized carbons (Fsp3) is 0.438. The van der Waals surface area contributed by atoms with Crippen molar-refractivity contribution in [1.29, 1.82) is 0 Å². The van der Waals surface area contributed by atoms with E-state index >= 15 is 0 Å². The molecule has 1 saturated carbocycles. The molecular formula is C16H27B6N5O3. The molecule has 0 saturated heterocycles. The zero-order chi connectivity index (χ0) is 22.5. The summed E-state index contributed by atoms with van der Waals surface area (Å²) in [5, 5.41) is 26.0. The first-order chi connectivity index (χ1) is 13.8. The van der Waals surface area contributed by atoms with Crippen molar-refractivity contribution in [3.05, 3.63) is 30.5 Å². The Labute approximate surface area is 182 Å². The van der Waals surface area contributed by atoms with Crippen molar-refractivity contribution < 1.29 is 14.9 Å². The second-order valence-electron chi connectivity index (χ2n) is 9.63. The third kappa shape index (κ3) is 3.12. The zero-order valence-electron chi connectivity index (χ0n) is 18.8. The Hall–Kier alpha value is -2.06. The maximum Gasteiger partial charge on any atom is 0.142 e. The van der Waals surface area contributed by atoms with E-state index in [1.807, 2.05) is 53.3 Å². The number of methoxy groups -OCH3 is 1. The lowest BCUT2D eigenvalue weighted by Crippen LogP contribution is -2.54. The molecule has 2 aromatic heterocycles. The monoisotopic (exact) mass is 403 g/mol. The number of nitrogen functional groups attached to an aromatic ring is 1. The van der Waals surface area contributed by atoms with Crippen LogP contribution in [0.15, 0.2) is 25.0 Å². The third-order valence-electron chi connectivity index (χ3n) is 7.85. The summed E-state index contributed by atoms with van der Waals surface area (Å²) in [7, 11) is 13.0. The van der Waals surface area contributed by atoms with Crippen molar-refractivity contribution in [2.45, 2.75) is 28.0 Å². The van der Waals surface area contributed by atoms with E-state index in [9.17, 15) is 10.2 Å². The zero-order valence-corrected chi connectivity index (χ0v) is 18.8. The summed E-state index contributed by atoms with van der Waals surface area (Å²) >= 11 is 0. The Morgan fingerprint density at radius 3 is 2.43 bits per heavy atom. The molecular weight excluding hydrogens is 375 g/mol. The van der Waals surface area contributed by atoms with Crippen LogP contribution in [0.2, 0.25) is 10.4 Å². The van der Waals surface area contributed by atoms with Crippen molar-refractivity contribution in [2.24, 2.45) is 5.92 Å². The largest absolute Gasteiger partial charge is 0.504 e. The van der Waals surface area contributed by atoms with Gasteiger partial charge in [-0.05, 0) is 17.2 Å². The Bertz CT molecular complexity index is 952. The van der Waals surface area contributed by atoms with Crippen molar-refractivity contribution in [3.63, 3.8) is 0 Å². The maximum atomic E-state index is 11.5. The van der Waals surface area contributed by atoms with Crippen LogP contribution in [0.1, 0.15) is 5.56 Å². The predicted molar refractivity (Wildman–Crippen MR) is 134 cm³/mol. The summed E-state index contributed by atoms with van der Waals surface area (Å²) in [4.78, 5) is 8.42. The standard InChI is InChI=1S/C16H27B6N5O3/c1-30-3-2-9-11(24-7-25-12(9)23)8-4-26-27(5-8)6-10-13(17,18)16(22,29)15(20,21)14(10,19)28/h2-5,7,10,28-29H,6,17-22H2,1H3,(H2,23,24,25)/b3-2+. The molecule has 4 N–H and O–H groups in total. The average molecular weight is 402 g/mol. The maximum absolute atomic E-state index is 11.5. The van der Waals surface area contributed by atoms with Crippen molar-refractivity contribution in [1.82, 2.24) is 19.7 Å². The van der Waals surface area contributed by atoms with Crippen molar-refractivity contribution >= 4 is 59.0 Å². The van der Waals surface area contributed by atoms with Crippen molar-refractivity contribution in [3.8, 4) is 11.3 Å². The highest BCUT2D eigenvalue weighted by molar-refractivity contribution is 6.56. The van der Waals surface area contributed by atoms with Gasteiger partial charge in [-0.15, -0.1) is 0 Å². The molecule has 0 spiro atoms. The van der Waals surface area contributed by atoms with Gasteiger partial charge in [0, 0.05) is 34.9 Å². The predicted octanol–water partition coefficient (Wildman–Crippen LogP) is -5.42. The molecule has 3 rings (SSSR count). The smallest absolute Gasteiger partial charge is 0.142 e. The molecule has 14 heteroatoms. The first-order valence-corrected chi connectivity index (χ1v) is 10.1. The number of nitrogens with two attached hydrogens (primary N) is 1. The fourth-order valence-electron chi connectivity index (χ4n) is 4.89. The highest BCUT2D eigenvalue weighted by Gasteiger charge is 2.69. The Morgan fingerprint density at radius 2 is 1.87 bits per heavy atom. The van der Waals surface area contributed by atoms with Crippen LogP contribution in [0.4, 0.5) is 5.82 Å². The van der Waals surface area contributed by atoms with E-state index in [0.717, 1.165) is 5.56 Å². The number of ether oxygens (including phenoxy) is 1. The third-order valence-corrected chi connectivity index (χ3v) is 7.85. The van der Waals surface area contributed by atoms with Gasteiger partial charge in [0.25, 0.3) is 0 Å². The molecule has 152 valence electrons. The van der Waals surface area contributed by atoms with Crippen LogP contribution in [0.3, 0.4) is 0 Å². The number of hydrogen-bond donors (Lipinski definition) is 3. The van der Waals surface area contributed by atoms with E-state index in [-0.39, 0.29) is 5.92 Å². The molecule has 3 atom stereocenters. The molecule has 1 aliphatic carbocycles. The summed E-state index contributed by atoms with van der Waals surface area (Å²) in [6.45, 7) is 0.448. The highest BCUT2D eigenvalue weighted by atomic mass is 16.5. The number of anilines is 1. The van der Waals surface area contributed by atoms with Crippen LogP contribution in [-0.4, -0.2) is 95.1 Å². The van der Waals surface area contributed by atoms with Gasteiger partial charge in [0.05, 0.1) is 25.3 Å². The van der Waals surface area contributed by atoms with Crippen LogP contribution in [0, 0.1) is 5.92 Å². The van der Waals surface area contributed by atoms with Crippen LogP contribution >= 0.6 is 0 Å². The summed E-state index contributed by atoms with van der Waals surface area (Å²) < 4.78 is 6.79. The Morgan fingerprint density at radius 1 is 1.20 bits per heavy atom. The number of hydrogen-bond acceptors (Lipinski definition) is 7. The molecule has 0 aliphatic heterocycles. The number of nitrogens with zero attached hydrogens (tertiary/aromatic N) is 4. The SMILES string of the molecule is BC1(B)C(Cn2cc(-c3ncnc(N)c3/C=C/OC)cn2)C(B)(O)C(B)(B)C1(B)O. The van der Waals surface area contributed by atoms with Gasteiger partial charge < -0.3 is 20.7 Å². The number of rotatable bonds is 5. The minimum atomic E-state index is -1.10. The second-order valence-corrected chi connectivity index (χ2v) is 9.63. The average Bonchev–Trinajstić information content (AvgIpc) is 3.14. The number of aromatic nitrogens is 4. The molecule has 1 fully saturated rings. The van der Waals surface area contributed by atoms with Gasteiger partial charge in [-0.25, -0.2) is 9.97 Å². The van der Waals surface area contributed by atoms with Crippen LogP contribution in [0.5, 0.6) is 0 Å². The summed E-state index contributed by atoms with van der Waals surface area (Å²) in [5.74, 6) is 0.116. The fourth-order valence-corrected chi connectivity index (χ4v) is 4.89. The molecule has 3 unspecified atom stereocenters. The Balaban J connectivity index is 1.98. The molecule has 0 radical (unpaired) electrons. The highest BCUT2D eigenvalue weighted by Crippen LogP contribution is 2.65. The van der Waals surface area contributed by atoms with E-state index in [1.165, 1.54) is 12.6 Å². The lowest BCUT2D eigenvalue weighted by molar-refractivity contribution is 0.0482. The lowest BCUT2D eigenvalue weighted by atomic mass is 9.30. The molecule has 8 nitrogen and oxygen atoms in total. The molecule has 0 aromatic carbocycles. The summed E-state index contributed by atoms with van der Waals surface area (Å²) in [6.07, 6.45) is 8.23. The van der Waals surface area contributed by atoms with Crippen LogP contribution in [0.25, 0.3) is 17.3 Å². The topological polar surface area (TPSA) is 119 Å². The molecule has 0 bridgehead atoms. The molecule has 2 aromatic rings. The minimum Gasteiger partial charge on any atom is -0.504 e. The van der Waals surface area contributed by atoms with Crippen LogP contribution in [-0.2, 0) is 11.3 Å². The molecule has 2 heterocycles. The first-order valence-electron chi connectivity index (χ1n) is 10.1. The van der Waals surface area contributed by atoms with E-state index < -0.39 is 21.4 Å². The van der Waals surface area contributed by atoms with Gasteiger partial charge >= 0.3 is 0 Å². The normalized spacial score (nSPS) is 29.9. The molecule has 30 heavy (non-hydrogen) atoms. The van der Waals surface area contributed by atoms with Crippen molar-refractivity contribution in [2.75, 3.05) is 12.8 Å². The minimum absolute atomic E-state index is 0.230. The number of aliphatic hydroxyl groups is 2. The first kappa shape index (κ1) is 22.6. The summed E-state index contributed by atoms with van der Waals surface area (Å²) in [5.41, 5.74) is 5.93. The van der Waals surface area contributed by atoms with Gasteiger partial charge in [0.2, 0.25) is 0 Å². The van der Waals surface area contributed by atoms with E-state index in [1.54, 1.807) is 24.1 Å². The lowest BCUT2D eigenvalue weighted by Gasteiger charge is -2.46. The van der Waals surface area contributed by atoms with E-state index in [2.05, 4.69) is 15.1 Å². The van der Waals surface area contributed by atoms with Gasteiger partial charge in [-0.1, -0.05) is 5.21 Å². The molecule has 1 aliphatic rings. The van der Waals surface area contributed by atoms with Gasteiger partial charge in [0.1, 0.15) is 59.2 Å². The Kier molecular flexibility index (Phi) is 5.48. The summed E-state index contributed by atoms with van der Waals surface area (Å²) in [6, 6.07) is 0. The quantitative estimate of drug-likeness (QED) is 0.337. The van der Waals surface area contributed by atoms with E-state index in [0.29, 0.717) is 23.6 Å². The molecule has 0 amide bonds. The van der Waals surface area contributed by atoms with E-state index in [4.69, 9.17) is 10.5 Å². The van der Waals surface area contributed by atoms with Gasteiger partial charge in [-0.3, -0.25) is 4.68 Å².